The third-order valence-electron chi connectivity index (χ3n) is 9.19. The molecule has 6 unspecified atom stereocenters. The molecule has 7 heteroatoms. The molecule has 32 heavy (non-hydrogen) atoms. The lowest BCUT2D eigenvalue weighted by Gasteiger charge is -2.60. The van der Waals surface area contributed by atoms with E-state index >= 15 is 0 Å². The lowest BCUT2D eigenvalue weighted by atomic mass is 9.45. The Bertz CT molecular complexity index is 891. The van der Waals surface area contributed by atoms with Crippen LogP contribution in [0, 0.1) is 28.6 Å². The van der Waals surface area contributed by atoms with Gasteiger partial charge >= 0.3 is 11.9 Å². The zero-order valence-electron chi connectivity index (χ0n) is 19.4. The first kappa shape index (κ1) is 23.1. The molecular formula is C25H34O7. The molecule has 0 aromatic heterocycles. The van der Waals surface area contributed by atoms with Gasteiger partial charge in [-0.25, -0.2) is 0 Å². The highest BCUT2D eigenvalue weighted by Crippen LogP contribution is 2.68. The Morgan fingerprint density at radius 1 is 1.09 bits per heavy atom. The lowest BCUT2D eigenvalue weighted by molar-refractivity contribution is -0.201. The summed E-state index contributed by atoms with van der Waals surface area (Å²) in [5, 5.41) is 11.5. The summed E-state index contributed by atoms with van der Waals surface area (Å²) in [6.45, 7) is 6.22. The molecule has 0 radical (unpaired) electrons. The second-order valence-electron chi connectivity index (χ2n) is 10.7. The van der Waals surface area contributed by atoms with Crippen LogP contribution in [0.4, 0.5) is 0 Å². The average molecular weight is 447 g/mol. The number of rotatable bonds is 4. The van der Waals surface area contributed by atoms with Crippen LogP contribution in [0.15, 0.2) is 11.6 Å². The molecule has 4 aliphatic rings. The number of Topliss-reactive ketones (excluding diaryl/α,β-unsaturated/α-hetero) is 1. The molecule has 7 atom stereocenters. The van der Waals surface area contributed by atoms with Gasteiger partial charge in [-0.1, -0.05) is 19.4 Å². The molecule has 3 fully saturated rings. The summed E-state index contributed by atoms with van der Waals surface area (Å²) in [4.78, 5) is 48.9. The highest BCUT2D eigenvalue weighted by molar-refractivity contribution is 5.93. The van der Waals surface area contributed by atoms with Gasteiger partial charge in [0.1, 0.15) is 0 Å². The Morgan fingerprint density at radius 3 is 2.47 bits per heavy atom. The molecule has 0 amide bonds. The van der Waals surface area contributed by atoms with Crippen molar-refractivity contribution >= 4 is 23.5 Å². The fourth-order valence-corrected chi connectivity index (χ4v) is 7.89. The zero-order valence-corrected chi connectivity index (χ0v) is 19.4. The summed E-state index contributed by atoms with van der Waals surface area (Å²) in [7, 11) is 0. The van der Waals surface area contributed by atoms with Crippen LogP contribution in [0.1, 0.15) is 72.6 Å². The van der Waals surface area contributed by atoms with Crippen LogP contribution >= 0.6 is 0 Å². The number of esters is 2. The van der Waals surface area contributed by atoms with Gasteiger partial charge in [-0.15, -0.1) is 0 Å². The van der Waals surface area contributed by atoms with E-state index < -0.39 is 41.4 Å². The minimum absolute atomic E-state index is 0.00498. The summed E-state index contributed by atoms with van der Waals surface area (Å²) in [5.74, 6) is -1.10. The fraction of sp³-hybridized carbons (Fsp3) is 0.760. The summed E-state index contributed by atoms with van der Waals surface area (Å²) < 4.78 is 10.8. The van der Waals surface area contributed by atoms with Crippen LogP contribution in [-0.4, -0.2) is 46.9 Å². The van der Waals surface area contributed by atoms with E-state index in [1.54, 1.807) is 6.08 Å². The van der Waals surface area contributed by atoms with Crippen LogP contribution in [0.2, 0.25) is 0 Å². The number of ketones is 2. The zero-order chi connectivity index (χ0) is 23.5. The van der Waals surface area contributed by atoms with Gasteiger partial charge in [0.05, 0.1) is 6.10 Å². The largest absolute Gasteiger partial charge is 0.458 e. The van der Waals surface area contributed by atoms with Crippen molar-refractivity contribution in [1.82, 2.24) is 0 Å². The topological polar surface area (TPSA) is 107 Å². The van der Waals surface area contributed by atoms with Crippen molar-refractivity contribution < 1.29 is 33.8 Å². The quantitative estimate of drug-likeness (QED) is 0.662. The Morgan fingerprint density at radius 2 is 1.81 bits per heavy atom. The van der Waals surface area contributed by atoms with Gasteiger partial charge < -0.3 is 14.6 Å². The number of hydrogen-bond acceptors (Lipinski definition) is 7. The molecule has 3 saturated carbocycles. The first-order valence-electron chi connectivity index (χ1n) is 11.7. The fourth-order valence-electron chi connectivity index (χ4n) is 7.89. The SMILES string of the molecule is CC(=O)OCC(=O)[C@@]1(OC(C)=O)CCC2C3CCC4=CC(=O)CCC4(C)C3C(O)CC21C. The van der Waals surface area contributed by atoms with E-state index in [4.69, 9.17) is 9.47 Å². The highest BCUT2D eigenvalue weighted by Gasteiger charge is 2.70. The van der Waals surface area contributed by atoms with Crippen molar-refractivity contribution in [3.63, 3.8) is 0 Å². The van der Waals surface area contributed by atoms with Crippen molar-refractivity contribution in [2.24, 2.45) is 28.6 Å². The van der Waals surface area contributed by atoms with Crippen LogP contribution < -0.4 is 0 Å². The molecule has 0 saturated heterocycles. The van der Waals surface area contributed by atoms with E-state index in [1.807, 2.05) is 6.92 Å². The second kappa shape index (κ2) is 7.79. The molecule has 0 aliphatic heterocycles. The molecule has 0 heterocycles. The Kier molecular flexibility index (Phi) is 5.63. The maximum atomic E-state index is 13.4. The third kappa shape index (κ3) is 3.27. The molecule has 176 valence electrons. The summed E-state index contributed by atoms with van der Waals surface area (Å²) >= 11 is 0. The van der Waals surface area contributed by atoms with Gasteiger partial charge in [0.25, 0.3) is 0 Å². The number of carbonyl (C=O) groups excluding carboxylic acids is 4. The molecule has 0 aromatic rings. The molecule has 4 rings (SSSR count). The summed E-state index contributed by atoms with van der Waals surface area (Å²) in [6.07, 6.45) is 5.39. The molecule has 0 spiro atoms. The van der Waals surface area contributed by atoms with E-state index in [0.29, 0.717) is 25.7 Å². The van der Waals surface area contributed by atoms with Crippen LogP contribution in [-0.2, 0) is 28.7 Å². The summed E-state index contributed by atoms with van der Waals surface area (Å²) in [5.41, 5.74) is -1.25. The van der Waals surface area contributed by atoms with Gasteiger partial charge in [0, 0.05) is 25.7 Å². The maximum absolute atomic E-state index is 13.4. The van der Waals surface area contributed by atoms with E-state index in [0.717, 1.165) is 24.8 Å². The van der Waals surface area contributed by atoms with Crippen molar-refractivity contribution in [2.75, 3.05) is 6.61 Å². The minimum Gasteiger partial charge on any atom is -0.458 e. The standard InChI is InChI=1S/C25H34O7/c1-14(26)31-13-21(30)25(32-15(2)27)10-8-19-18-6-5-16-11-17(28)7-9-23(16,3)22(18)20(29)12-24(19,25)4/h11,18-20,22,29H,5-10,12-13H2,1-4H3/t18?,19?,20?,22?,23?,24?,25-/m0/s1. The average Bonchev–Trinajstić information content (AvgIpc) is 2.98. The number of allylic oxidation sites excluding steroid dienone is 1. The molecule has 1 N–H and O–H groups in total. The van der Waals surface area contributed by atoms with Gasteiger partial charge in [0.2, 0.25) is 5.78 Å². The number of fused-ring (bicyclic) bond motifs is 5. The Hall–Kier alpha value is -2.02. The summed E-state index contributed by atoms with van der Waals surface area (Å²) in [6, 6.07) is 0. The van der Waals surface area contributed by atoms with E-state index in [1.165, 1.54) is 13.8 Å². The number of hydrogen-bond donors (Lipinski definition) is 1. The van der Waals surface area contributed by atoms with Gasteiger partial charge in [-0.05, 0) is 67.8 Å². The van der Waals surface area contributed by atoms with E-state index in [-0.39, 0.29) is 29.0 Å². The van der Waals surface area contributed by atoms with E-state index in [9.17, 15) is 24.3 Å². The van der Waals surface area contributed by atoms with E-state index in [2.05, 4.69) is 6.92 Å². The van der Waals surface area contributed by atoms with Crippen molar-refractivity contribution in [3.8, 4) is 0 Å². The van der Waals surface area contributed by atoms with Gasteiger partial charge in [-0.3, -0.25) is 19.2 Å². The monoisotopic (exact) mass is 446 g/mol. The number of carbonyl (C=O) groups is 4. The normalized spacial score (nSPS) is 42.8. The maximum Gasteiger partial charge on any atom is 0.303 e. The molecule has 0 aromatic carbocycles. The van der Waals surface area contributed by atoms with Gasteiger partial charge in [-0.2, -0.15) is 0 Å². The smallest absolute Gasteiger partial charge is 0.303 e. The Balaban J connectivity index is 1.72. The van der Waals surface area contributed by atoms with Gasteiger partial charge in [0.15, 0.2) is 18.0 Å². The number of aliphatic hydroxyl groups is 1. The van der Waals surface area contributed by atoms with Crippen LogP contribution in [0.5, 0.6) is 0 Å². The number of aliphatic hydroxyl groups excluding tert-OH is 1. The van der Waals surface area contributed by atoms with Crippen molar-refractivity contribution in [2.45, 2.75) is 84.3 Å². The third-order valence-corrected chi connectivity index (χ3v) is 9.19. The van der Waals surface area contributed by atoms with Crippen molar-refractivity contribution in [3.05, 3.63) is 11.6 Å². The lowest BCUT2D eigenvalue weighted by Crippen LogP contribution is -2.63. The second-order valence-corrected chi connectivity index (χ2v) is 10.7. The van der Waals surface area contributed by atoms with Crippen molar-refractivity contribution in [1.29, 1.82) is 0 Å². The molecular weight excluding hydrogens is 412 g/mol. The van der Waals surface area contributed by atoms with Crippen LogP contribution in [0.25, 0.3) is 0 Å². The molecule has 7 nitrogen and oxygen atoms in total. The first-order chi connectivity index (χ1) is 14.9. The number of ether oxygens (including phenoxy) is 2. The predicted molar refractivity (Wildman–Crippen MR) is 114 cm³/mol. The minimum atomic E-state index is -1.41. The highest BCUT2D eigenvalue weighted by atomic mass is 16.6. The first-order valence-corrected chi connectivity index (χ1v) is 11.7. The molecule has 4 aliphatic carbocycles. The molecule has 0 bridgehead atoms. The Labute approximate surface area is 188 Å². The van der Waals surface area contributed by atoms with Crippen LogP contribution in [0.3, 0.4) is 0 Å². The predicted octanol–water partition coefficient (Wildman–Crippen LogP) is 2.92.